The Hall–Kier alpha value is -6.21. The number of rotatable bonds is 4. The van der Waals surface area contributed by atoms with Crippen LogP contribution in [0.3, 0.4) is 0 Å². The summed E-state index contributed by atoms with van der Waals surface area (Å²) in [6.07, 6.45) is 0. The second kappa shape index (κ2) is 11.2. The first-order valence-electron chi connectivity index (χ1n) is 19.0. The molecule has 0 aliphatic heterocycles. The fourth-order valence-electron chi connectivity index (χ4n) is 7.30. The Kier molecular flexibility index (Phi) is 5.25. The van der Waals surface area contributed by atoms with E-state index in [9.17, 15) is 0 Å². The van der Waals surface area contributed by atoms with Gasteiger partial charge in [0.25, 0.3) is 0 Å². The first-order valence-corrected chi connectivity index (χ1v) is 18.2. The maximum atomic E-state index is 8.82. The van der Waals surface area contributed by atoms with Crippen LogP contribution < -0.4 is 0 Å². The molecule has 4 aromatic heterocycles. The monoisotopic (exact) mass is 691 g/mol. The molecule has 4 nitrogen and oxygen atoms in total. The van der Waals surface area contributed by atoms with Crippen LogP contribution in [0.15, 0.2) is 158 Å². The van der Waals surface area contributed by atoms with E-state index >= 15 is 0 Å². The van der Waals surface area contributed by atoms with E-state index in [4.69, 9.17) is 21.8 Å². The minimum atomic E-state index is -0.470. The zero-order chi connectivity index (χ0) is 37.8. The minimum Gasteiger partial charge on any atom is -0.309 e. The number of nitrogens with zero attached hydrogens (tertiary/aromatic N) is 4. The SMILES string of the molecule is [2H]c1c([2H])c([2H])c(-c2nc(-c3ccc4sc5ccccc5c4c3)nc(-c3cccc4sc5cc(-n6c7ccccc7c7ccccc76)ccc5c34)n2)c([2H])c1[2H]. The van der Waals surface area contributed by atoms with Gasteiger partial charge in [0, 0.05) is 73.5 Å². The summed E-state index contributed by atoms with van der Waals surface area (Å²) in [6.45, 7) is 0. The summed E-state index contributed by atoms with van der Waals surface area (Å²) in [7, 11) is 0. The lowest BCUT2D eigenvalue weighted by atomic mass is 10.0. The maximum Gasteiger partial charge on any atom is 0.164 e. The predicted octanol–water partition coefficient (Wildman–Crippen LogP) is 12.7. The van der Waals surface area contributed by atoms with Gasteiger partial charge in [0.05, 0.1) is 17.9 Å². The number of para-hydroxylation sites is 2. The summed E-state index contributed by atoms with van der Waals surface area (Å²) in [4.78, 5) is 14.8. The molecule has 0 atom stereocenters. The third-order valence-corrected chi connectivity index (χ3v) is 11.8. The number of aromatic nitrogens is 4. The van der Waals surface area contributed by atoms with Crippen LogP contribution in [0.2, 0.25) is 0 Å². The van der Waals surface area contributed by atoms with E-state index in [2.05, 4.69) is 102 Å². The van der Waals surface area contributed by atoms with Gasteiger partial charge in [-0.15, -0.1) is 22.7 Å². The van der Waals surface area contributed by atoms with Gasteiger partial charge in [-0.2, -0.15) is 0 Å². The topological polar surface area (TPSA) is 43.6 Å². The van der Waals surface area contributed by atoms with Gasteiger partial charge in [-0.3, -0.25) is 0 Å². The van der Waals surface area contributed by atoms with Gasteiger partial charge in [-0.25, -0.2) is 15.0 Å². The molecule has 11 rings (SSSR count). The molecule has 0 spiro atoms. The van der Waals surface area contributed by atoms with E-state index in [1.54, 1.807) is 22.7 Å². The highest BCUT2D eigenvalue weighted by Gasteiger charge is 2.19. The minimum absolute atomic E-state index is 0.0162. The average Bonchev–Trinajstić information content (AvgIpc) is 3.91. The van der Waals surface area contributed by atoms with E-state index in [0.29, 0.717) is 11.6 Å². The molecule has 0 N–H and O–H groups in total. The van der Waals surface area contributed by atoms with Crippen molar-refractivity contribution in [2.75, 3.05) is 0 Å². The molecule has 7 aromatic carbocycles. The van der Waals surface area contributed by atoms with Crippen molar-refractivity contribution < 1.29 is 6.85 Å². The van der Waals surface area contributed by atoms with E-state index < -0.39 is 18.1 Å². The summed E-state index contributed by atoms with van der Waals surface area (Å²) < 4.78 is 49.5. The van der Waals surface area contributed by atoms with Gasteiger partial charge in [0.2, 0.25) is 0 Å². The fourth-order valence-corrected chi connectivity index (χ4v) is 9.56. The van der Waals surface area contributed by atoms with Crippen LogP contribution in [-0.4, -0.2) is 19.5 Å². The lowest BCUT2D eigenvalue weighted by molar-refractivity contribution is 1.08. The molecule has 0 aliphatic rings. The van der Waals surface area contributed by atoms with E-state index in [1.165, 1.54) is 15.5 Å². The number of hydrogen-bond donors (Lipinski definition) is 0. The molecular formula is C45H26N4S2. The lowest BCUT2D eigenvalue weighted by Crippen LogP contribution is -2.00. The molecule has 238 valence electrons. The van der Waals surface area contributed by atoms with Crippen LogP contribution >= 0.6 is 22.7 Å². The molecule has 0 saturated carbocycles. The van der Waals surface area contributed by atoms with Crippen LogP contribution in [0.25, 0.3) is 102 Å². The Bertz CT molecular complexity index is 3380. The molecule has 0 amide bonds. The molecule has 0 fully saturated rings. The molecule has 0 bridgehead atoms. The summed E-state index contributed by atoms with van der Waals surface area (Å²) in [5, 5.41) is 6.62. The average molecular weight is 692 g/mol. The largest absolute Gasteiger partial charge is 0.309 e. The number of fused-ring (bicyclic) bond motifs is 9. The van der Waals surface area contributed by atoms with Crippen molar-refractivity contribution in [3.63, 3.8) is 0 Å². The van der Waals surface area contributed by atoms with Crippen molar-refractivity contribution in [2.45, 2.75) is 0 Å². The number of hydrogen-bond acceptors (Lipinski definition) is 5. The van der Waals surface area contributed by atoms with E-state index in [-0.39, 0.29) is 23.5 Å². The summed E-state index contributed by atoms with van der Waals surface area (Å²) >= 11 is 3.41. The Morgan fingerprint density at radius 1 is 0.451 bits per heavy atom. The van der Waals surface area contributed by atoms with Crippen molar-refractivity contribution >= 4 is 84.8 Å². The quantitative estimate of drug-likeness (QED) is 0.184. The maximum absolute atomic E-state index is 8.82. The van der Waals surface area contributed by atoms with Crippen LogP contribution in [0.1, 0.15) is 6.85 Å². The van der Waals surface area contributed by atoms with Crippen molar-refractivity contribution in [3.8, 4) is 39.9 Å². The first kappa shape index (κ1) is 24.0. The Morgan fingerprint density at radius 3 is 1.90 bits per heavy atom. The molecule has 51 heavy (non-hydrogen) atoms. The van der Waals surface area contributed by atoms with Crippen molar-refractivity contribution in [1.82, 2.24) is 19.5 Å². The molecule has 0 unspecified atom stereocenters. The Balaban J connectivity index is 1.15. The van der Waals surface area contributed by atoms with Crippen LogP contribution in [0, 0.1) is 0 Å². The molecule has 6 heteroatoms. The normalized spacial score (nSPS) is 13.3. The Morgan fingerprint density at radius 2 is 1.10 bits per heavy atom. The highest BCUT2D eigenvalue weighted by atomic mass is 32.1. The van der Waals surface area contributed by atoms with Gasteiger partial charge < -0.3 is 4.57 Å². The third kappa shape index (κ3) is 4.47. The molecule has 0 aliphatic carbocycles. The number of thiophene rings is 2. The van der Waals surface area contributed by atoms with Gasteiger partial charge in [-0.1, -0.05) is 103 Å². The van der Waals surface area contributed by atoms with Crippen LogP contribution in [-0.2, 0) is 0 Å². The molecule has 4 heterocycles. The van der Waals surface area contributed by atoms with Gasteiger partial charge in [-0.05, 0) is 54.6 Å². The highest BCUT2D eigenvalue weighted by molar-refractivity contribution is 7.26. The number of benzene rings is 7. The lowest BCUT2D eigenvalue weighted by Gasteiger charge is -2.10. The molecule has 0 saturated heterocycles. The highest BCUT2D eigenvalue weighted by Crippen LogP contribution is 2.42. The zero-order valence-corrected chi connectivity index (χ0v) is 28.4. The first-order chi connectivity index (χ1) is 27.3. The van der Waals surface area contributed by atoms with Gasteiger partial charge in [0.15, 0.2) is 17.5 Å². The third-order valence-electron chi connectivity index (χ3n) is 9.55. The second-order valence-corrected chi connectivity index (χ2v) is 14.6. The van der Waals surface area contributed by atoms with Crippen molar-refractivity contribution in [3.05, 3.63) is 158 Å². The van der Waals surface area contributed by atoms with Gasteiger partial charge in [0.1, 0.15) is 0 Å². The zero-order valence-electron chi connectivity index (χ0n) is 31.7. The van der Waals surface area contributed by atoms with Crippen molar-refractivity contribution in [2.24, 2.45) is 0 Å². The smallest absolute Gasteiger partial charge is 0.164 e. The molecule has 0 radical (unpaired) electrons. The van der Waals surface area contributed by atoms with Gasteiger partial charge >= 0.3 is 0 Å². The fraction of sp³-hybridized carbons (Fsp3) is 0. The van der Waals surface area contributed by atoms with E-state index in [1.807, 2.05) is 30.3 Å². The summed E-state index contributed by atoms with van der Waals surface area (Å²) in [5.41, 5.74) is 4.77. The summed E-state index contributed by atoms with van der Waals surface area (Å²) in [6, 6.07) is 41.8. The standard InChI is InChI=1S/C45H26N4S2/c1-2-11-27(12-3-1)43-46-44(28-21-24-39-35(25-28)32-15-6-9-19-38(32)50-39)48-45(47-43)34-16-10-20-40-42(34)33-23-22-29(26-41(33)51-40)49-36-17-7-4-13-30(36)31-14-5-8-18-37(31)49/h1-26H/i1D,2D,3D,11D,12D. The Labute approximate surface area is 307 Å². The molecular weight excluding hydrogens is 661 g/mol. The molecule has 11 aromatic rings. The summed E-state index contributed by atoms with van der Waals surface area (Å²) in [5.74, 6) is 0.713. The predicted molar refractivity (Wildman–Crippen MR) is 216 cm³/mol. The van der Waals surface area contributed by atoms with Crippen LogP contribution in [0.4, 0.5) is 0 Å². The van der Waals surface area contributed by atoms with Crippen LogP contribution in [0.5, 0.6) is 0 Å². The van der Waals surface area contributed by atoms with E-state index in [0.717, 1.165) is 63.5 Å². The van der Waals surface area contributed by atoms with Crippen molar-refractivity contribution in [1.29, 1.82) is 0 Å². The second-order valence-electron chi connectivity index (χ2n) is 12.4.